The maximum Gasteiger partial charge on any atom is 0.331 e. The van der Waals surface area contributed by atoms with Gasteiger partial charge < -0.3 is 19.5 Å². The number of hydrogen-bond donors (Lipinski definition) is 1. The molecule has 0 saturated heterocycles. The lowest BCUT2D eigenvalue weighted by Gasteiger charge is -2.24. The molecule has 3 rings (SSSR count). The second-order valence-corrected chi connectivity index (χ2v) is 7.61. The van der Waals surface area contributed by atoms with E-state index in [0.717, 1.165) is 60.5 Å². The monoisotopic (exact) mass is 409 g/mol. The normalized spacial score (nSPS) is 15.5. The van der Waals surface area contributed by atoms with E-state index in [4.69, 9.17) is 9.47 Å². The van der Waals surface area contributed by atoms with Gasteiger partial charge in [-0.2, -0.15) is 0 Å². The van der Waals surface area contributed by atoms with E-state index in [2.05, 4.69) is 37.1 Å². The van der Waals surface area contributed by atoms with Crippen LogP contribution in [0.1, 0.15) is 38.2 Å². The van der Waals surface area contributed by atoms with Crippen molar-refractivity contribution in [2.45, 2.75) is 32.6 Å². The predicted molar refractivity (Wildman–Crippen MR) is 121 cm³/mol. The first kappa shape index (κ1) is 21.9. The van der Waals surface area contributed by atoms with E-state index in [0.29, 0.717) is 25.2 Å². The summed E-state index contributed by atoms with van der Waals surface area (Å²) in [6.45, 7) is 4.90. The van der Waals surface area contributed by atoms with Crippen LogP contribution < -0.4 is 9.64 Å². The molecule has 1 aliphatic rings. The van der Waals surface area contributed by atoms with E-state index in [9.17, 15) is 9.90 Å². The van der Waals surface area contributed by atoms with Crippen LogP contribution in [0.3, 0.4) is 0 Å². The van der Waals surface area contributed by atoms with Crippen LogP contribution in [0, 0.1) is 0 Å². The molecule has 0 unspecified atom stereocenters. The summed E-state index contributed by atoms with van der Waals surface area (Å²) in [7, 11) is 2.05. The summed E-state index contributed by atoms with van der Waals surface area (Å²) < 4.78 is 11.3. The van der Waals surface area contributed by atoms with E-state index >= 15 is 0 Å². The molecule has 0 aromatic heterocycles. The van der Waals surface area contributed by atoms with Gasteiger partial charge in [0.15, 0.2) is 0 Å². The summed E-state index contributed by atoms with van der Waals surface area (Å²) in [5.74, 6) is -0.0204. The van der Waals surface area contributed by atoms with Gasteiger partial charge in [0.25, 0.3) is 0 Å². The number of carboxylic acids is 1. The lowest BCUT2D eigenvalue weighted by molar-refractivity contribution is -0.132. The zero-order valence-corrected chi connectivity index (χ0v) is 17.9. The van der Waals surface area contributed by atoms with Crippen LogP contribution in [-0.4, -0.2) is 44.5 Å². The third-order valence-electron chi connectivity index (χ3n) is 5.31. The van der Waals surface area contributed by atoms with Gasteiger partial charge in [-0.25, -0.2) is 4.79 Å². The van der Waals surface area contributed by atoms with Crippen LogP contribution in [0.4, 0.5) is 5.69 Å². The molecule has 0 fully saturated rings. The first-order valence-electron chi connectivity index (χ1n) is 10.7. The van der Waals surface area contributed by atoms with Gasteiger partial charge in [-0.05, 0) is 66.3 Å². The van der Waals surface area contributed by atoms with Crippen LogP contribution in [0.15, 0.2) is 48.0 Å². The Bertz CT molecular complexity index is 873. The van der Waals surface area contributed by atoms with Crippen molar-refractivity contribution < 1.29 is 19.4 Å². The Morgan fingerprint density at radius 3 is 2.57 bits per heavy atom. The minimum Gasteiger partial charge on any atom is -0.491 e. The van der Waals surface area contributed by atoms with E-state index in [1.165, 1.54) is 0 Å². The zero-order valence-electron chi connectivity index (χ0n) is 17.9. The number of rotatable bonds is 9. The van der Waals surface area contributed by atoms with Crippen molar-refractivity contribution in [1.29, 1.82) is 0 Å². The summed E-state index contributed by atoms with van der Waals surface area (Å²) in [4.78, 5) is 13.7. The molecule has 5 heteroatoms. The third-order valence-corrected chi connectivity index (χ3v) is 5.31. The summed E-state index contributed by atoms with van der Waals surface area (Å²) in [6.07, 6.45) is 5.44. The molecular formula is C25H31NO4. The highest BCUT2D eigenvalue weighted by Gasteiger charge is 2.15. The second-order valence-electron chi connectivity index (χ2n) is 7.61. The lowest BCUT2D eigenvalue weighted by atomic mass is 9.97. The molecule has 0 bridgehead atoms. The molecule has 0 saturated carbocycles. The van der Waals surface area contributed by atoms with Crippen molar-refractivity contribution in [3.63, 3.8) is 0 Å². The van der Waals surface area contributed by atoms with E-state index < -0.39 is 5.97 Å². The zero-order chi connectivity index (χ0) is 21.3. The quantitative estimate of drug-likeness (QED) is 0.574. The van der Waals surface area contributed by atoms with Crippen molar-refractivity contribution in [1.82, 2.24) is 0 Å². The van der Waals surface area contributed by atoms with Gasteiger partial charge in [-0.15, -0.1) is 0 Å². The molecule has 0 atom stereocenters. The topological polar surface area (TPSA) is 59.0 Å². The number of benzene rings is 2. The average molecular weight is 410 g/mol. The summed E-state index contributed by atoms with van der Waals surface area (Å²) in [5, 5.41) is 9.49. The molecular weight excluding hydrogens is 378 g/mol. The Labute approximate surface area is 178 Å². The van der Waals surface area contributed by atoms with Crippen LogP contribution in [-0.2, 0) is 9.53 Å². The fourth-order valence-corrected chi connectivity index (χ4v) is 3.56. The van der Waals surface area contributed by atoms with Crippen molar-refractivity contribution in [3.8, 4) is 16.9 Å². The van der Waals surface area contributed by atoms with Gasteiger partial charge in [0.05, 0.1) is 6.61 Å². The number of ether oxygens (including phenoxy) is 2. The summed E-state index contributed by atoms with van der Waals surface area (Å²) >= 11 is 0. The van der Waals surface area contributed by atoms with E-state index in [1.54, 1.807) is 0 Å². The summed E-state index contributed by atoms with van der Waals surface area (Å²) in [5.41, 5.74) is 4.58. The Hall–Kier alpha value is -2.79. The largest absolute Gasteiger partial charge is 0.491 e. The van der Waals surface area contributed by atoms with Crippen molar-refractivity contribution >= 4 is 17.7 Å². The van der Waals surface area contributed by atoms with Crippen molar-refractivity contribution in [2.75, 3.05) is 38.3 Å². The smallest absolute Gasteiger partial charge is 0.331 e. The molecule has 1 N–H and O–H groups in total. The van der Waals surface area contributed by atoms with E-state index in [1.807, 2.05) is 30.3 Å². The van der Waals surface area contributed by atoms with Crippen LogP contribution in [0.2, 0.25) is 0 Å². The Balaban J connectivity index is 1.72. The molecule has 2 aromatic rings. The highest BCUT2D eigenvalue weighted by atomic mass is 16.5. The number of carboxylic acid groups (broad SMARTS) is 1. The highest BCUT2D eigenvalue weighted by Crippen LogP contribution is 2.32. The molecule has 0 spiro atoms. The standard InChI is InChI=1S/C25H31NO4/c1-3-4-14-29-15-16-30-23-10-7-19(8-11-23)20-9-12-24-22(17-20)18-21(25(27)28)6-5-13-26(24)2/h7-12,17-18H,3-6,13-16H2,1-2H3,(H,27,28)/b21-18+. The maximum absolute atomic E-state index is 11.6. The first-order valence-corrected chi connectivity index (χ1v) is 10.7. The van der Waals surface area contributed by atoms with Crippen LogP contribution in [0.25, 0.3) is 17.2 Å². The van der Waals surface area contributed by atoms with Gasteiger partial charge in [-0.1, -0.05) is 31.5 Å². The number of anilines is 1. The number of aliphatic carboxylic acids is 1. The lowest BCUT2D eigenvalue weighted by Crippen LogP contribution is -2.21. The van der Waals surface area contributed by atoms with Crippen LogP contribution in [0.5, 0.6) is 5.75 Å². The fourth-order valence-electron chi connectivity index (χ4n) is 3.56. The predicted octanol–water partition coefficient (Wildman–Crippen LogP) is 5.25. The minimum absolute atomic E-state index is 0.464. The Kier molecular flexibility index (Phi) is 7.91. The van der Waals surface area contributed by atoms with Gasteiger partial charge in [0, 0.05) is 31.5 Å². The van der Waals surface area contributed by atoms with Crippen molar-refractivity contribution in [3.05, 3.63) is 53.6 Å². The molecule has 1 heterocycles. The van der Waals surface area contributed by atoms with E-state index in [-0.39, 0.29) is 0 Å². The Morgan fingerprint density at radius 2 is 1.83 bits per heavy atom. The number of hydrogen-bond acceptors (Lipinski definition) is 4. The first-order chi connectivity index (χ1) is 14.6. The third kappa shape index (κ3) is 5.86. The molecule has 0 amide bonds. The van der Waals surface area contributed by atoms with Gasteiger partial charge in [0.1, 0.15) is 12.4 Å². The SMILES string of the molecule is CCCCOCCOc1ccc(-c2ccc3c(c2)/C=C(/C(=O)O)CCCN3C)cc1. The molecule has 1 aliphatic heterocycles. The number of carbonyl (C=O) groups is 1. The molecule has 5 nitrogen and oxygen atoms in total. The second kappa shape index (κ2) is 10.8. The molecule has 2 aromatic carbocycles. The number of fused-ring (bicyclic) bond motifs is 1. The average Bonchev–Trinajstić information content (AvgIpc) is 2.74. The maximum atomic E-state index is 11.6. The van der Waals surface area contributed by atoms with Crippen molar-refractivity contribution in [2.24, 2.45) is 0 Å². The van der Waals surface area contributed by atoms with Crippen LogP contribution >= 0.6 is 0 Å². The molecule has 30 heavy (non-hydrogen) atoms. The Morgan fingerprint density at radius 1 is 1.07 bits per heavy atom. The molecule has 0 aliphatic carbocycles. The summed E-state index contributed by atoms with van der Waals surface area (Å²) in [6, 6.07) is 14.2. The fraction of sp³-hybridized carbons (Fsp3) is 0.400. The molecule has 160 valence electrons. The number of unbranched alkanes of at least 4 members (excludes halogenated alkanes) is 1. The van der Waals surface area contributed by atoms with Gasteiger partial charge in [0.2, 0.25) is 0 Å². The molecule has 0 radical (unpaired) electrons. The minimum atomic E-state index is -0.837. The van der Waals surface area contributed by atoms with Gasteiger partial charge >= 0.3 is 5.97 Å². The number of nitrogens with zero attached hydrogens (tertiary/aromatic N) is 1. The highest BCUT2D eigenvalue weighted by molar-refractivity contribution is 5.94. The van der Waals surface area contributed by atoms with Gasteiger partial charge in [-0.3, -0.25) is 0 Å².